The fraction of sp³-hybridized carbons (Fsp3) is 0.125. The predicted molar refractivity (Wildman–Crippen MR) is 129 cm³/mol. The highest BCUT2D eigenvalue weighted by molar-refractivity contribution is 7.99. The molecule has 0 aliphatic rings. The number of ether oxygens (including phenoxy) is 1. The summed E-state index contributed by atoms with van der Waals surface area (Å²) in [5.74, 6) is 1.43. The largest absolute Gasteiger partial charge is 0.497 e. The van der Waals surface area contributed by atoms with Crippen molar-refractivity contribution in [3.63, 3.8) is 0 Å². The van der Waals surface area contributed by atoms with Crippen LogP contribution in [-0.4, -0.2) is 33.5 Å². The van der Waals surface area contributed by atoms with Crippen molar-refractivity contribution < 1.29 is 9.53 Å². The van der Waals surface area contributed by atoms with Gasteiger partial charge in [-0.25, -0.2) is 0 Å². The topological polar surface area (TPSA) is 69.0 Å². The van der Waals surface area contributed by atoms with Gasteiger partial charge in [-0.15, -0.1) is 10.2 Å². The van der Waals surface area contributed by atoms with Crippen molar-refractivity contribution in [1.29, 1.82) is 0 Å². The van der Waals surface area contributed by atoms with Crippen LogP contribution in [0.1, 0.15) is 5.56 Å². The maximum Gasteiger partial charge on any atom is 0.234 e. The number of halogens is 1. The Balaban J connectivity index is 1.60. The molecule has 6 nitrogen and oxygen atoms in total. The first-order valence-corrected chi connectivity index (χ1v) is 11.3. The van der Waals surface area contributed by atoms with E-state index in [2.05, 4.69) is 15.5 Å². The number of hydrogen-bond donors (Lipinski definition) is 1. The summed E-state index contributed by atoms with van der Waals surface area (Å²) in [5.41, 5.74) is 3.31. The van der Waals surface area contributed by atoms with Crippen molar-refractivity contribution in [2.45, 2.75) is 12.1 Å². The van der Waals surface area contributed by atoms with Gasteiger partial charge in [0.05, 0.1) is 12.9 Å². The Morgan fingerprint density at radius 2 is 1.84 bits per heavy atom. The third-order valence-electron chi connectivity index (χ3n) is 4.85. The zero-order chi connectivity index (χ0) is 22.5. The maximum atomic E-state index is 12.6. The molecule has 0 atom stereocenters. The number of methoxy groups -OCH3 is 1. The van der Waals surface area contributed by atoms with Gasteiger partial charge in [0.25, 0.3) is 0 Å². The number of carbonyl (C=O) groups is 1. The van der Waals surface area contributed by atoms with Crippen LogP contribution in [0.15, 0.2) is 78.0 Å². The molecule has 0 aliphatic carbocycles. The van der Waals surface area contributed by atoms with Gasteiger partial charge in [0.15, 0.2) is 11.0 Å². The van der Waals surface area contributed by atoms with Crippen LogP contribution in [-0.2, 0) is 4.79 Å². The van der Waals surface area contributed by atoms with Gasteiger partial charge < -0.3 is 10.1 Å². The van der Waals surface area contributed by atoms with E-state index in [9.17, 15) is 4.79 Å². The van der Waals surface area contributed by atoms with Crippen LogP contribution in [0.3, 0.4) is 0 Å². The molecular formula is C24H21ClN4O2S. The van der Waals surface area contributed by atoms with E-state index in [4.69, 9.17) is 16.3 Å². The molecule has 0 saturated carbocycles. The molecule has 0 unspecified atom stereocenters. The average molecular weight is 465 g/mol. The van der Waals surface area contributed by atoms with Crippen molar-refractivity contribution in [2.24, 2.45) is 0 Å². The Bertz CT molecular complexity index is 1240. The third-order valence-corrected chi connectivity index (χ3v) is 6.19. The molecular weight excluding hydrogens is 444 g/mol. The number of thioether (sulfide) groups is 1. The molecule has 1 heterocycles. The number of para-hydroxylation sites is 1. The van der Waals surface area contributed by atoms with E-state index < -0.39 is 0 Å². The van der Waals surface area contributed by atoms with Crippen molar-refractivity contribution >= 4 is 35.0 Å². The second kappa shape index (κ2) is 9.89. The van der Waals surface area contributed by atoms with Crippen LogP contribution >= 0.6 is 23.4 Å². The zero-order valence-corrected chi connectivity index (χ0v) is 19.2. The van der Waals surface area contributed by atoms with Crippen LogP contribution in [0.5, 0.6) is 5.75 Å². The molecule has 1 aromatic heterocycles. The number of aromatic nitrogens is 3. The Kier molecular flexibility index (Phi) is 6.78. The summed E-state index contributed by atoms with van der Waals surface area (Å²) in [6, 6.07) is 22.9. The first kappa shape index (κ1) is 21.9. The Morgan fingerprint density at radius 3 is 2.62 bits per heavy atom. The molecule has 0 spiro atoms. The molecule has 8 heteroatoms. The lowest BCUT2D eigenvalue weighted by Gasteiger charge is -2.12. The minimum absolute atomic E-state index is 0.147. The Labute approximate surface area is 195 Å². The Hall–Kier alpha value is -3.29. The summed E-state index contributed by atoms with van der Waals surface area (Å²) in [4.78, 5) is 12.6. The van der Waals surface area contributed by atoms with Crippen LogP contribution in [0, 0.1) is 6.92 Å². The van der Waals surface area contributed by atoms with Gasteiger partial charge in [-0.05, 0) is 48.9 Å². The van der Waals surface area contributed by atoms with E-state index in [1.54, 1.807) is 13.2 Å². The number of amides is 1. The van der Waals surface area contributed by atoms with E-state index in [-0.39, 0.29) is 11.7 Å². The molecule has 1 N–H and O–H groups in total. The fourth-order valence-electron chi connectivity index (χ4n) is 3.18. The molecule has 32 heavy (non-hydrogen) atoms. The Morgan fingerprint density at radius 1 is 1.06 bits per heavy atom. The smallest absolute Gasteiger partial charge is 0.234 e. The number of nitrogens with one attached hydrogen (secondary N) is 1. The van der Waals surface area contributed by atoms with E-state index in [1.807, 2.05) is 78.2 Å². The molecule has 1 amide bonds. The number of anilines is 1. The van der Waals surface area contributed by atoms with Crippen LogP contribution in [0.25, 0.3) is 17.1 Å². The molecule has 4 rings (SSSR count). The SMILES string of the molecule is COc1cccc(-c2nnc(SCC(=O)Nc3cccc(Cl)c3C)n2-c2ccccc2)c1. The van der Waals surface area contributed by atoms with Gasteiger partial charge in [0, 0.05) is 22.0 Å². The second-order valence-corrected chi connectivity index (χ2v) is 8.31. The predicted octanol–water partition coefficient (Wildman–Crippen LogP) is 5.64. The standard InChI is InChI=1S/C24H21ClN4O2S/c1-16-20(25)12-7-13-21(16)26-22(30)15-32-24-28-27-23(17-8-6-11-19(14-17)31-2)29(24)18-9-4-3-5-10-18/h3-14H,15H2,1-2H3,(H,26,30). The van der Waals surface area contributed by atoms with Gasteiger partial charge in [0.1, 0.15) is 5.75 Å². The molecule has 0 bridgehead atoms. The van der Waals surface area contributed by atoms with Gasteiger partial charge in [-0.3, -0.25) is 9.36 Å². The van der Waals surface area contributed by atoms with Crippen molar-refractivity contribution in [1.82, 2.24) is 14.8 Å². The molecule has 4 aromatic rings. The fourth-order valence-corrected chi connectivity index (χ4v) is 4.11. The van der Waals surface area contributed by atoms with E-state index in [0.29, 0.717) is 21.7 Å². The highest BCUT2D eigenvalue weighted by atomic mass is 35.5. The number of carbonyl (C=O) groups excluding carboxylic acids is 1. The molecule has 0 fully saturated rings. The van der Waals surface area contributed by atoms with Crippen molar-refractivity contribution in [2.75, 3.05) is 18.2 Å². The summed E-state index contributed by atoms with van der Waals surface area (Å²) in [5, 5.41) is 12.9. The summed E-state index contributed by atoms with van der Waals surface area (Å²) in [6.45, 7) is 1.87. The van der Waals surface area contributed by atoms with Crippen LogP contribution < -0.4 is 10.1 Å². The number of nitrogens with zero attached hydrogens (tertiary/aromatic N) is 3. The number of rotatable bonds is 7. The lowest BCUT2D eigenvalue weighted by Crippen LogP contribution is -2.15. The molecule has 0 radical (unpaired) electrons. The van der Waals surface area contributed by atoms with Crippen LogP contribution in [0.4, 0.5) is 5.69 Å². The van der Waals surface area contributed by atoms with Gasteiger partial charge in [-0.2, -0.15) is 0 Å². The molecule has 162 valence electrons. The normalized spacial score (nSPS) is 10.7. The monoisotopic (exact) mass is 464 g/mol. The van der Waals surface area contributed by atoms with E-state index in [0.717, 1.165) is 22.6 Å². The summed E-state index contributed by atoms with van der Waals surface area (Å²) < 4.78 is 7.30. The highest BCUT2D eigenvalue weighted by Crippen LogP contribution is 2.30. The first-order valence-electron chi connectivity index (χ1n) is 9.90. The number of benzene rings is 3. The summed E-state index contributed by atoms with van der Waals surface area (Å²) >= 11 is 7.47. The lowest BCUT2D eigenvalue weighted by atomic mass is 10.2. The molecule has 0 saturated heterocycles. The maximum absolute atomic E-state index is 12.6. The molecule has 3 aromatic carbocycles. The summed E-state index contributed by atoms with van der Waals surface area (Å²) in [7, 11) is 1.63. The van der Waals surface area contributed by atoms with Crippen molar-refractivity contribution in [3.8, 4) is 22.8 Å². The second-order valence-electron chi connectivity index (χ2n) is 6.96. The zero-order valence-electron chi connectivity index (χ0n) is 17.6. The van der Waals surface area contributed by atoms with E-state index >= 15 is 0 Å². The van der Waals surface area contributed by atoms with E-state index in [1.165, 1.54) is 11.8 Å². The summed E-state index contributed by atoms with van der Waals surface area (Å²) in [6.07, 6.45) is 0. The average Bonchev–Trinajstić information content (AvgIpc) is 3.25. The highest BCUT2D eigenvalue weighted by Gasteiger charge is 2.18. The molecule has 0 aliphatic heterocycles. The van der Waals surface area contributed by atoms with Gasteiger partial charge in [-0.1, -0.05) is 59.8 Å². The first-order chi connectivity index (χ1) is 15.6. The van der Waals surface area contributed by atoms with Crippen LogP contribution in [0.2, 0.25) is 5.02 Å². The third kappa shape index (κ3) is 4.79. The van der Waals surface area contributed by atoms with Gasteiger partial charge in [0.2, 0.25) is 5.91 Å². The minimum Gasteiger partial charge on any atom is -0.497 e. The minimum atomic E-state index is -0.147. The lowest BCUT2D eigenvalue weighted by molar-refractivity contribution is -0.113. The van der Waals surface area contributed by atoms with Gasteiger partial charge >= 0.3 is 0 Å². The number of hydrogen-bond acceptors (Lipinski definition) is 5. The van der Waals surface area contributed by atoms with Crippen molar-refractivity contribution in [3.05, 3.63) is 83.4 Å². The quantitative estimate of drug-likeness (QED) is 0.359.